The van der Waals surface area contributed by atoms with E-state index in [1.54, 1.807) is 30.3 Å². The molecule has 0 aliphatic carbocycles. The summed E-state index contributed by atoms with van der Waals surface area (Å²) in [5.41, 5.74) is 0.122. The molecule has 2 rings (SSSR count). The van der Waals surface area contributed by atoms with Crippen molar-refractivity contribution in [3.8, 4) is 0 Å². The molecule has 0 amide bonds. The Morgan fingerprint density at radius 2 is 1.56 bits per heavy atom. The van der Waals surface area contributed by atoms with E-state index >= 15 is 0 Å². The van der Waals surface area contributed by atoms with Crippen molar-refractivity contribution in [2.45, 2.75) is 12.3 Å². The van der Waals surface area contributed by atoms with Gasteiger partial charge in [0.2, 0.25) is 0 Å². The fourth-order valence-corrected chi connectivity index (χ4v) is 2.58. The van der Waals surface area contributed by atoms with E-state index in [1.807, 2.05) is 20.2 Å². The third kappa shape index (κ3) is 9.90. The van der Waals surface area contributed by atoms with E-state index in [0.717, 1.165) is 12.6 Å². The van der Waals surface area contributed by atoms with Crippen LogP contribution in [0, 0.1) is 0 Å². The number of hydrogen-bond donors (Lipinski definition) is 2. The number of hydrogen-bond acceptors (Lipinski definition) is 5. The van der Waals surface area contributed by atoms with Crippen LogP contribution in [0.4, 0.5) is 13.2 Å². The highest BCUT2D eigenvalue weighted by Gasteiger charge is 2.35. The molecule has 0 bridgehead atoms. The van der Waals surface area contributed by atoms with Gasteiger partial charge in [-0.1, -0.05) is 48.5 Å². The number of ether oxygens (including phenoxy) is 2. The quantitative estimate of drug-likeness (QED) is 0.427. The zero-order valence-corrected chi connectivity index (χ0v) is 17.7. The van der Waals surface area contributed by atoms with Gasteiger partial charge < -0.3 is 29.4 Å². The van der Waals surface area contributed by atoms with Crippen LogP contribution in [0.5, 0.6) is 0 Å². The van der Waals surface area contributed by atoms with Gasteiger partial charge in [0.1, 0.15) is 12.6 Å². The van der Waals surface area contributed by atoms with Crippen LogP contribution in [0.25, 0.3) is 0 Å². The second-order valence-corrected chi connectivity index (χ2v) is 6.91. The largest absolute Gasteiger partial charge is 0.539 e. The second-order valence-electron chi connectivity index (χ2n) is 6.91. The lowest BCUT2D eigenvalue weighted by Gasteiger charge is -2.23. The minimum absolute atomic E-state index is 0.115. The molecule has 176 valence electrons. The fourth-order valence-electron chi connectivity index (χ4n) is 2.58. The van der Waals surface area contributed by atoms with Gasteiger partial charge in [0.25, 0.3) is 0 Å². The number of halogens is 3. The van der Waals surface area contributed by atoms with Crippen LogP contribution in [0.1, 0.15) is 22.8 Å². The molecular formula is C22H26F3NO6. The van der Waals surface area contributed by atoms with E-state index in [1.165, 1.54) is 17.0 Å². The molecule has 0 aliphatic heterocycles. The summed E-state index contributed by atoms with van der Waals surface area (Å²) >= 11 is 0. The predicted octanol–water partition coefficient (Wildman–Crippen LogP) is 0.793. The Morgan fingerprint density at radius 3 is 2.09 bits per heavy atom. The van der Waals surface area contributed by atoms with Crippen molar-refractivity contribution in [1.29, 1.82) is 0 Å². The standard InChI is InChI=1S/C20H24F3NO2.C2H2O4/c1-24(2)12-13-25-14-15-26-19(16-8-4-3-5-9-16)17-10-6-7-11-18(17)20(21,22)23;3-1(4)2(5)6/h3-11,19H,12-15H2,1-2H3;(H,3,4)(H,5,6). The molecule has 10 heteroatoms. The normalized spacial score (nSPS) is 12.1. The van der Waals surface area contributed by atoms with Gasteiger partial charge in [0.05, 0.1) is 39.5 Å². The molecule has 7 nitrogen and oxygen atoms in total. The molecule has 2 aromatic rings. The smallest absolute Gasteiger partial charge is 0.416 e. The number of quaternary nitrogens is 1. The highest BCUT2D eigenvalue weighted by Crippen LogP contribution is 2.37. The summed E-state index contributed by atoms with van der Waals surface area (Å²) in [5, 5.41) is 16.3. The van der Waals surface area contributed by atoms with Crippen molar-refractivity contribution in [3.05, 3.63) is 71.3 Å². The Hall–Kier alpha value is -2.95. The van der Waals surface area contributed by atoms with Crippen molar-refractivity contribution >= 4 is 11.9 Å². The molecule has 1 unspecified atom stereocenters. The van der Waals surface area contributed by atoms with Gasteiger partial charge in [0.15, 0.2) is 5.97 Å². The van der Waals surface area contributed by atoms with Gasteiger partial charge in [-0.15, -0.1) is 0 Å². The third-order valence-corrected chi connectivity index (χ3v) is 4.08. The first-order valence-corrected chi connectivity index (χ1v) is 9.67. The van der Waals surface area contributed by atoms with Crippen LogP contribution < -0.4 is 10.0 Å². The van der Waals surface area contributed by atoms with Crippen LogP contribution in [-0.4, -0.2) is 57.5 Å². The molecule has 2 aromatic carbocycles. The highest BCUT2D eigenvalue weighted by molar-refractivity contribution is 6.26. The number of alkyl halides is 3. The van der Waals surface area contributed by atoms with Crippen molar-refractivity contribution in [2.24, 2.45) is 0 Å². The molecule has 1 atom stereocenters. The van der Waals surface area contributed by atoms with Crippen LogP contribution in [-0.2, 0) is 25.2 Å². The summed E-state index contributed by atoms with van der Waals surface area (Å²) in [6.07, 6.45) is -5.23. The number of carbonyl (C=O) groups is 2. The van der Waals surface area contributed by atoms with Crippen LogP contribution in [0.2, 0.25) is 0 Å². The van der Waals surface area contributed by atoms with Gasteiger partial charge in [-0.2, -0.15) is 13.2 Å². The number of carbonyl (C=O) groups excluding carboxylic acids is 1. The number of aliphatic carboxylic acids is 2. The first-order chi connectivity index (χ1) is 15.0. The summed E-state index contributed by atoms with van der Waals surface area (Å²) in [4.78, 5) is 19.3. The maximum absolute atomic E-state index is 13.4. The Labute approximate surface area is 184 Å². The molecule has 0 spiro atoms. The number of carboxylic acids is 2. The Bertz CT molecular complexity index is 831. The molecule has 0 fully saturated rings. The van der Waals surface area contributed by atoms with Crippen molar-refractivity contribution in [1.82, 2.24) is 0 Å². The monoisotopic (exact) mass is 457 g/mol. The predicted molar refractivity (Wildman–Crippen MR) is 107 cm³/mol. The molecule has 0 saturated heterocycles. The Kier molecular flexibility index (Phi) is 11.4. The van der Waals surface area contributed by atoms with Gasteiger partial charge in [-0.3, -0.25) is 0 Å². The first-order valence-electron chi connectivity index (χ1n) is 9.67. The van der Waals surface area contributed by atoms with Crippen LogP contribution >= 0.6 is 0 Å². The molecule has 0 aliphatic rings. The molecule has 0 heterocycles. The van der Waals surface area contributed by atoms with Gasteiger partial charge in [-0.05, 0) is 17.2 Å². The van der Waals surface area contributed by atoms with Gasteiger partial charge in [0, 0.05) is 0 Å². The number of carboxylic acid groups (broad SMARTS) is 2. The topological polar surface area (TPSA) is 100 Å². The average Bonchev–Trinajstić information content (AvgIpc) is 2.73. The van der Waals surface area contributed by atoms with Crippen LogP contribution in [0.3, 0.4) is 0 Å². The number of likely N-dealkylation sites (N-methyl/N-ethyl adjacent to an activating group) is 1. The lowest BCUT2D eigenvalue weighted by atomic mass is 9.96. The first kappa shape index (κ1) is 27.1. The molecule has 0 radical (unpaired) electrons. The summed E-state index contributed by atoms with van der Waals surface area (Å²) < 4.78 is 51.5. The maximum atomic E-state index is 13.4. The molecule has 2 N–H and O–H groups in total. The number of nitrogens with one attached hydrogen (secondary N) is 1. The minimum atomic E-state index is -4.43. The fraction of sp³-hybridized carbons (Fsp3) is 0.364. The average molecular weight is 457 g/mol. The van der Waals surface area contributed by atoms with Gasteiger partial charge in [-0.25, -0.2) is 4.79 Å². The van der Waals surface area contributed by atoms with E-state index in [-0.39, 0.29) is 12.2 Å². The molecule has 32 heavy (non-hydrogen) atoms. The number of benzene rings is 2. The van der Waals surface area contributed by atoms with E-state index in [2.05, 4.69) is 0 Å². The summed E-state index contributed by atoms with van der Waals surface area (Å²) in [6, 6.07) is 14.5. The Morgan fingerprint density at radius 1 is 1.00 bits per heavy atom. The number of rotatable bonds is 9. The van der Waals surface area contributed by atoms with Crippen molar-refractivity contribution < 1.29 is 47.3 Å². The highest BCUT2D eigenvalue weighted by atomic mass is 19.4. The zero-order chi connectivity index (χ0) is 24.1. The van der Waals surface area contributed by atoms with Crippen LogP contribution in [0.15, 0.2) is 54.6 Å². The van der Waals surface area contributed by atoms with E-state index in [4.69, 9.17) is 29.3 Å². The van der Waals surface area contributed by atoms with E-state index in [9.17, 15) is 13.2 Å². The second kappa shape index (κ2) is 13.5. The van der Waals surface area contributed by atoms with Crippen molar-refractivity contribution in [2.75, 3.05) is 40.5 Å². The molecule has 0 aromatic heterocycles. The van der Waals surface area contributed by atoms with Gasteiger partial charge >= 0.3 is 12.1 Å². The van der Waals surface area contributed by atoms with E-state index in [0.29, 0.717) is 18.8 Å². The van der Waals surface area contributed by atoms with Crippen molar-refractivity contribution in [3.63, 3.8) is 0 Å². The Balaban J connectivity index is 0.000000751. The van der Waals surface area contributed by atoms with E-state index < -0.39 is 29.8 Å². The lowest BCUT2D eigenvalue weighted by Crippen LogP contribution is -3.06. The zero-order valence-electron chi connectivity index (χ0n) is 17.7. The lowest BCUT2D eigenvalue weighted by molar-refractivity contribution is -0.858. The SMILES string of the molecule is C[NH+](C)CCOCCOC(c1ccccc1)c1ccccc1C(F)(F)F.O=C([O-])C(=O)O. The summed E-state index contributed by atoms with van der Waals surface area (Å²) in [5.74, 6) is -4.01. The summed E-state index contributed by atoms with van der Waals surface area (Å²) in [7, 11) is 4.05. The maximum Gasteiger partial charge on any atom is 0.416 e. The third-order valence-electron chi connectivity index (χ3n) is 4.08. The minimum Gasteiger partial charge on any atom is -0.539 e. The summed E-state index contributed by atoms with van der Waals surface area (Å²) in [6.45, 7) is 2.00. The molecular weight excluding hydrogens is 431 g/mol. The molecule has 0 saturated carbocycles.